The van der Waals surface area contributed by atoms with Crippen molar-refractivity contribution in [3.63, 3.8) is 0 Å². The number of hydrogen-bond acceptors (Lipinski definition) is 2. The Morgan fingerprint density at radius 3 is 2.70 bits per heavy atom. The molecule has 1 fully saturated rings. The van der Waals surface area contributed by atoms with Crippen LogP contribution in [0.25, 0.3) is 0 Å². The van der Waals surface area contributed by atoms with Crippen molar-refractivity contribution in [2.75, 3.05) is 11.5 Å². The van der Waals surface area contributed by atoms with Gasteiger partial charge in [-0.25, -0.2) is 0 Å². The number of hydrogen-bond donors (Lipinski definition) is 0. The summed E-state index contributed by atoms with van der Waals surface area (Å²) in [5.74, 6) is 3.50. The van der Waals surface area contributed by atoms with Crippen molar-refractivity contribution in [2.24, 2.45) is 5.92 Å². The molecule has 0 aromatic heterocycles. The van der Waals surface area contributed by atoms with E-state index in [0.29, 0.717) is 0 Å². The summed E-state index contributed by atoms with van der Waals surface area (Å²) in [4.78, 5) is 0. The molecule has 1 heterocycles. The fraction of sp³-hybridized carbons (Fsp3) is 0.750. The van der Waals surface area contributed by atoms with Gasteiger partial charge in [0.15, 0.2) is 0 Å². The molecule has 0 aromatic carbocycles. The Kier molecular flexibility index (Phi) is 3.71. The summed E-state index contributed by atoms with van der Waals surface area (Å²) < 4.78 is 0.845. The third-order valence-electron chi connectivity index (χ3n) is 1.65. The van der Waals surface area contributed by atoms with Crippen molar-refractivity contribution >= 4 is 23.5 Å². The molecule has 0 radical (unpaired) electrons. The van der Waals surface area contributed by atoms with Gasteiger partial charge in [0, 0.05) is 11.5 Å². The lowest BCUT2D eigenvalue weighted by Crippen LogP contribution is -2.05. The largest absolute Gasteiger partial charge is 0.146 e. The Labute approximate surface area is 71.8 Å². The van der Waals surface area contributed by atoms with E-state index in [-0.39, 0.29) is 0 Å². The molecule has 0 N–H and O–H groups in total. The molecular weight excluding hydrogens is 160 g/mol. The molecule has 1 aliphatic rings. The third-order valence-corrected chi connectivity index (χ3v) is 5.19. The van der Waals surface area contributed by atoms with Gasteiger partial charge in [0.25, 0.3) is 0 Å². The van der Waals surface area contributed by atoms with Gasteiger partial charge in [0.2, 0.25) is 0 Å². The first-order valence-corrected chi connectivity index (χ1v) is 5.78. The van der Waals surface area contributed by atoms with Crippen molar-refractivity contribution in [1.29, 1.82) is 0 Å². The average Bonchev–Trinajstić information content (AvgIpc) is 2.38. The van der Waals surface area contributed by atoms with Gasteiger partial charge in [0.1, 0.15) is 0 Å². The molecule has 0 saturated carbocycles. The van der Waals surface area contributed by atoms with Crippen molar-refractivity contribution < 1.29 is 0 Å². The van der Waals surface area contributed by atoms with Crippen LogP contribution >= 0.6 is 23.5 Å². The molecule has 1 atom stereocenters. The molecule has 1 unspecified atom stereocenters. The molecule has 1 aliphatic heterocycles. The van der Waals surface area contributed by atoms with E-state index >= 15 is 0 Å². The number of thioether (sulfide) groups is 2. The molecule has 0 aliphatic carbocycles. The Bertz CT molecular complexity index is 106. The first-order valence-electron chi connectivity index (χ1n) is 3.68. The maximum atomic E-state index is 3.75. The molecule has 0 amide bonds. The molecule has 0 spiro atoms. The second-order valence-corrected chi connectivity index (χ2v) is 5.41. The second kappa shape index (κ2) is 4.35. The SMILES string of the molecule is C=CCC(C)C1SCCS1. The van der Waals surface area contributed by atoms with Crippen molar-refractivity contribution in [2.45, 2.75) is 17.9 Å². The Balaban J connectivity index is 2.24. The summed E-state index contributed by atoms with van der Waals surface area (Å²) >= 11 is 4.21. The monoisotopic (exact) mass is 174 g/mol. The molecule has 0 aromatic rings. The molecular formula is C8H14S2. The summed E-state index contributed by atoms with van der Waals surface area (Å²) in [5, 5.41) is 0. The van der Waals surface area contributed by atoms with Gasteiger partial charge in [0.05, 0.1) is 4.58 Å². The minimum Gasteiger partial charge on any atom is -0.146 e. The minimum absolute atomic E-state index is 0.815. The lowest BCUT2D eigenvalue weighted by atomic mass is 10.1. The zero-order valence-electron chi connectivity index (χ0n) is 6.38. The van der Waals surface area contributed by atoms with Gasteiger partial charge in [-0.1, -0.05) is 13.0 Å². The Hall–Kier alpha value is 0.440. The van der Waals surface area contributed by atoms with Crippen molar-refractivity contribution in [3.8, 4) is 0 Å². The standard InChI is InChI=1S/C8H14S2/c1-3-4-7(2)8-9-5-6-10-8/h3,7-8H,1,4-6H2,2H3. The van der Waals surface area contributed by atoms with Gasteiger partial charge in [-0.2, -0.15) is 0 Å². The minimum atomic E-state index is 0.815. The third kappa shape index (κ3) is 2.24. The maximum absolute atomic E-state index is 3.75. The van der Waals surface area contributed by atoms with Gasteiger partial charge in [-0.15, -0.1) is 30.1 Å². The Morgan fingerprint density at radius 2 is 2.20 bits per heavy atom. The summed E-state index contributed by atoms with van der Waals surface area (Å²) in [7, 11) is 0. The average molecular weight is 174 g/mol. The van der Waals surface area contributed by atoms with Crippen LogP contribution in [0.5, 0.6) is 0 Å². The zero-order valence-corrected chi connectivity index (χ0v) is 8.01. The lowest BCUT2D eigenvalue weighted by Gasteiger charge is -2.14. The zero-order chi connectivity index (χ0) is 7.40. The van der Waals surface area contributed by atoms with Crippen LogP contribution in [0.4, 0.5) is 0 Å². The quantitative estimate of drug-likeness (QED) is 0.603. The van der Waals surface area contributed by atoms with Crippen LogP contribution in [0.2, 0.25) is 0 Å². The predicted molar refractivity (Wildman–Crippen MR) is 52.7 cm³/mol. The van der Waals surface area contributed by atoms with E-state index in [1.165, 1.54) is 17.9 Å². The summed E-state index contributed by atoms with van der Waals surface area (Å²) in [6.07, 6.45) is 3.20. The van der Waals surface area contributed by atoms with Crippen molar-refractivity contribution in [3.05, 3.63) is 12.7 Å². The molecule has 2 heteroatoms. The summed E-state index contributed by atoms with van der Waals surface area (Å²) in [5.41, 5.74) is 0. The second-order valence-electron chi connectivity index (χ2n) is 2.61. The predicted octanol–water partition coefficient (Wildman–Crippen LogP) is 3.00. The van der Waals surface area contributed by atoms with E-state index in [2.05, 4.69) is 37.0 Å². The highest BCUT2D eigenvalue weighted by atomic mass is 32.2. The van der Waals surface area contributed by atoms with Crippen molar-refractivity contribution in [1.82, 2.24) is 0 Å². The first kappa shape index (κ1) is 8.54. The topological polar surface area (TPSA) is 0 Å². The smallest absolute Gasteiger partial charge is 0.0531 e. The fourth-order valence-corrected chi connectivity index (χ4v) is 4.16. The van der Waals surface area contributed by atoms with Crippen LogP contribution in [-0.2, 0) is 0 Å². The summed E-state index contributed by atoms with van der Waals surface area (Å²) in [6.45, 7) is 6.07. The van der Waals surface area contributed by atoms with Crippen LogP contribution in [-0.4, -0.2) is 16.1 Å². The van der Waals surface area contributed by atoms with Crippen LogP contribution in [0.1, 0.15) is 13.3 Å². The summed E-state index contributed by atoms with van der Waals surface area (Å²) in [6, 6.07) is 0. The van der Waals surface area contributed by atoms with E-state index in [1.807, 2.05) is 6.08 Å². The molecule has 0 bridgehead atoms. The van der Waals surface area contributed by atoms with E-state index in [1.54, 1.807) is 0 Å². The molecule has 1 rings (SSSR count). The van der Waals surface area contributed by atoms with Crippen LogP contribution in [0.3, 0.4) is 0 Å². The van der Waals surface area contributed by atoms with E-state index in [9.17, 15) is 0 Å². The van der Waals surface area contributed by atoms with E-state index < -0.39 is 0 Å². The highest BCUT2D eigenvalue weighted by Crippen LogP contribution is 2.38. The van der Waals surface area contributed by atoms with Crippen LogP contribution < -0.4 is 0 Å². The first-order chi connectivity index (χ1) is 4.84. The van der Waals surface area contributed by atoms with Gasteiger partial charge < -0.3 is 0 Å². The highest BCUT2D eigenvalue weighted by molar-refractivity contribution is 8.20. The number of allylic oxidation sites excluding steroid dienone is 1. The highest BCUT2D eigenvalue weighted by Gasteiger charge is 2.21. The molecule has 58 valence electrons. The van der Waals surface area contributed by atoms with Gasteiger partial charge >= 0.3 is 0 Å². The van der Waals surface area contributed by atoms with Gasteiger partial charge in [-0.05, 0) is 12.3 Å². The normalized spacial score (nSPS) is 22.9. The Morgan fingerprint density at radius 1 is 1.60 bits per heavy atom. The number of rotatable bonds is 3. The van der Waals surface area contributed by atoms with Crippen LogP contribution in [0.15, 0.2) is 12.7 Å². The fourth-order valence-electron chi connectivity index (χ4n) is 1.08. The molecule has 1 saturated heterocycles. The van der Waals surface area contributed by atoms with E-state index in [0.717, 1.165) is 10.5 Å². The molecule has 0 nitrogen and oxygen atoms in total. The van der Waals surface area contributed by atoms with E-state index in [4.69, 9.17) is 0 Å². The van der Waals surface area contributed by atoms with Crippen LogP contribution in [0, 0.1) is 5.92 Å². The molecule has 10 heavy (non-hydrogen) atoms. The maximum Gasteiger partial charge on any atom is 0.0531 e. The van der Waals surface area contributed by atoms with Gasteiger partial charge in [-0.3, -0.25) is 0 Å². The lowest BCUT2D eigenvalue weighted by molar-refractivity contribution is 0.654.